The molecule has 7 heteroatoms. The molecule has 0 heterocycles. The number of carbonyl (C=O) groups excluding carboxylic acids is 3. The van der Waals surface area contributed by atoms with Crippen LogP contribution < -0.4 is 4.90 Å². The highest BCUT2D eigenvalue weighted by Crippen LogP contribution is 2.23. The largest absolute Gasteiger partial charge is 0.452 e. The molecule has 0 unspecified atom stereocenters. The standard InChI is InChI=1S/C20H28N2O5/c1-4-22(15-10-6-5-7-11-15)18(23)14-27-19(24)16-12-8-9-13-17(16)21(2)20(25)26-3/h8-9,12-13,15H,4-7,10-11,14H2,1-3H3. The van der Waals surface area contributed by atoms with E-state index in [9.17, 15) is 14.4 Å². The van der Waals surface area contributed by atoms with Crippen LogP contribution in [0.1, 0.15) is 49.4 Å². The minimum Gasteiger partial charge on any atom is -0.452 e. The van der Waals surface area contributed by atoms with Crippen molar-refractivity contribution < 1.29 is 23.9 Å². The summed E-state index contributed by atoms with van der Waals surface area (Å²) in [5, 5.41) is 0. The molecule has 0 radical (unpaired) electrons. The van der Waals surface area contributed by atoms with Gasteiger partial charge in [-0.1, -0.05) is 31.4 Å². The number of hydrogen-bond acceptors (Lipinski definition) is 5. The van der Waals surface area contributed by atoms with E-state index in [-0.39, 0.29) is 24.1 Å². The van der Waals surface area contributed by atoms with Gasteiger partial charge in [-0.2, -0.15) is 0 Å². The summed E-state index contributed by atoms with van der Waals surface area (Å²) < 4.78 is 9.95. The van der Waals surface area contributed by atoms with Gasteiger partial charge in [0.1, 0.15) is 0 Å². The van der Waals surface area contributed by atoms with E-state index in [2.05, 4.69) is 4.74 Å². The Bertz CT molecular complexity index is 670. The van der Waals surface area contributed by atoms with Crippen LogP contribution in [0.15, 0.2) is 24.3 Å². The number of anilines is 1. The Morgan fingerprint density at radius 2 is 1.78 bits per heavy atom. The van der Waals surface area contributed by atoms with Crippen LogP contribution in [0.25, 0.3) is 0 Å². The average molecular weight is 376 g/mol. The molecule has 0 aromatic heterocycles. The van der Waals surface area contributed by atoms with E-state index < -0.39 is 12.1 Å². The van der Waals surface area contributed by atoms with Crippen molar-refractivity contribution in [2.24, 2.45) is 0 Å². The summed E-state index contributed by atoms with van der Waals surface area (Å²) in [5.41, 5.74) is 0.570. The molecule has 0 N–H and O–H groups in total. The van der Waals surface area contributed by atoms with Gasteiger partial charge >= 0.3 is 12.1 Å². The normalized spacial score (nSPS) is 14.3. The Kier molecular flexibility index (Phi) is 7.64. The maximum atomic E-state index is 12.5. The maximum Gasteiger partial charge on any atom is 0.413 e. The number of ether oxygens (including phenoxy) is 2. The van der Waals surface area contributed by atoms with Crippen molar-refractivity contribution in [2.75, 3.05) is 32.2 Å². The van der Waals surface area contributed by atoms with Gasteiger partial charge < -0.3 is 14.4 Å². The first-order valence-corrected chi connectivity index (χ1v) is 9.36. The Morgan fingerprint density at radius 3 is 2.41 bits per heavy atom. The number of carbonyl (C=O) groups is 3. The number of nitrogens with zero attached hydrogens (tertiary/aromatic N) is 2. The molecule has 0 aliphatic heterocycles. The fourth-order valence-corrected chi connectivity index (χ4v) is 3.49. The molecule has 1 saturated carbocycles. The highest BCUT2D eigenvalue weighted by atomic mass is 16.5. The number of rotatable bonds is 6. The van der Waals surface area contributed by atoms with Crippen molar-refractivity contribution in [3.8, 4) is 0 Å². The Morgan fingerprint density at radius 1 is 1.11 bits per heavy atom. The maximum absolute atomic E-state index is 12.5. The summed E-state index contributed by atoms with van der Waals surface area (Å²) >= 11 is 0. The molecule has 27 heavy (non-hydrogen) atoms. The molecule has 0 spiro atoms. The number of benzene rings is 1. The number of hydrogen-bond donors (Lipinski definition) is 0. The molecule has 1 aliphatic carbocycles. The third kappa shape index (κ3) is 5.21. The lowest BCUT2D eigenvalue weighted by atomic mass is 9.94. The predicted octanol–water partition coefficient (Wildman–Crippen LogP) is 3.23. The molecule has 0 saturated heterocycles. The van der Waals surface area contributed by atoms with E-state index in [0.717, 1.165) is 25.7 Å². The minimum atomic E-state index is -0.644. The van der Waals surface area contributed by atoms with Crippen LogP contribution in [0.3, 0.4) is 0 Å². The zero-order valence-corrected chi connectivity index (χ0v) is 16.3. The fourth-order valence-electron chi connectivity index (χ4n) is 3.49. The van der Waals surface area contributed by atoms with Crippen molar-refractivity contribution in [3.63, 3.8) is 0 Å². The van der Waals surface area contributed by atoms with Gasteiger partial charge in [-0.05, 0) is 31.9 Å². The molecule has 0 atom stereocenters. The van der Waals surface area contributed by atoms with Gasteiger partial charge in [0.15, 0.2) is 6.61 Å². The van der Waals surface area contributed by atoms with Crippen molar-refractivity contribution >= 4 is 23.7 Å². The molecule has 148 valence electrons. The number of likely N-dealkylation sites (N-methyl/N-ethyl adjacent to an activating group) is 1. The van der Waals surface area contributed by atoms with E-state index in [4.69, 9.17) is 4.74 Å². The van der Waals surface area contributed by atoms with E-state index in [0.29, 0.717) is 12.2 Å². The van der Waals surface area contributed by atoms with Gasteiger partial charge in [0.25, 0.3) is 5.91 Å². The fraction of sp³-hybridized carbons (Fsp3) is 0.550. The minimum absolute atomic E-state index is 0.184. The molecular formula is C20H28N2O5. The highest BCUT2D eigenvalue weighted by molar-refractivity contribution is 6.01. The Labute approximate surface area is 160 Å². The van der Waals surface area contributed by atoms with E-state index in [1.165, 1.54) is 25.5 Å². The molecule has 1 aromatic carbocycles. The molecule has 7 nitrogen and oxygen atoms in total. The predicted molar refractivity (Wildman–Crippen MR) is 102 cm³/mol. The second-order valence-electron chi connectivity index (χ2n) is 6.59. The summed E-state index contributed by atoms with van der Waals surface area (Å²) in [4.78, 5) is 39.8. The van der Waals surface area contributed by atoms with E-state index in [1.807, 2.05) is 6.92 Å². The monoisotopic (exact) mass is 376 g/mol. The second-order valence-corrected chi connectivity index (χ2v) is 6.59. The lowest BCUT2D eigenvalue weighted by molar-refractivity contribution is -0.137. The summed E-state index contributed by atoms with van der Waals surface area (Å²) in [6, 6.07) is 6.79. The summed E-state index contributed by atoms with van der Waals surface area (Å²) in [6.07, 6.45) is 4.87. The van der Waals surface area contributed by atoms with Crippen LogP contribution in [0, 0.1) is 0 Å². The summed E-state index contributed by atoms with van der Waals surface area (Å²) in [7, 11) is 2.77. The first-order chi connectivity index (χ1) is 13.0. The number of amides is 2. The summed E-state index contributed by atoms with van der Waals surface area (Å²) in [5.74, 6) is -0.828. The third-order valence-electron chi connectivity index (χ3n) is 4.94. The van der Waals surface area contributed by atoms with Gasteiger partial charge in [-0.3, -0.25) is 9.69 Å². The average Bonchev–Trinajstić information content (AvgIpc) is 2.72. The first kappa shape index (κ1) is 20.7. The molecule has 1 fully saturated rings. The number of esters is 1. The molecule has 2 amide bonds. The van der Waals surface area contributed by atoms with Crippen LogP contribution >= 0.6 is 0 Å². The van der Waals surface area contributed by atoms with E-state index >= 15 is 0 Å². The van der Waals surface area contributed by atoms with Crippen LogP contribution in [0.2, 0.25) is 0 Å². The van der Waals surface area contributed by atoms with Gasteiger partial charge in [0.2, 0.25) is 0 Å². The van der Waals surface area contributed by atoms with Crippen LogP contribution in [0.5, 0.6) is 0 Å². The topological polar surface area (TPSA) is 76.2 Å². The van der Waals surface area contributed by atoms with Crippen molar-refractivity contribution in [3.05, 3.63) is 29.8 Å². The SMILES string of the molecule is CCN(C(=O)COC(=O)c1ccccc1N(C)C(=O)OC)C1CCCCC1. The van der Waals surface area contributed by atoms with Crippen LogP contribution in [-0.4, -0.2) is 56.2 Å². The van der Waals surface area contributed by atoms with Crippen molar-refractivity contribution in [2.45, 2.75) is 45.1 Å². The molecule has 1 aromatic rings. The van der Waals surface area contributed by atoms with Gasteiger partial charge in [-0.15, -0.1) is 0 Å². The van der Waals surface area contributed by atoms with Gasteiger partial charge in [0.05, 0.1) is 18.4 Å². The van der Waals surface area contributed by atoms with Crippen molar-refractivity contribution in [1.29, 1.82) is 0 Å². The van der Waals surface area contributed by atoms with Gasteiger partial charge in [-0.25, -0.2) is 9.59 Å². The van der Waals surface area contributed by atoms with E-state index in [1.54, 1.807) is 29.2 Å². The lowest BCUT2D eigenvalue weighted by Gasteiger charge is -2.33. The van der Waals surface area contributed by atoms with Gasteiger partial charge in [0, 0.05) is 19.6 Å². The number of methoxy groups -OCH3 is 1. The van der Waals surface area contributed by atoms with Crippen molar-refractivity contribution in [1.82, 2.24) is 4.90 Å². The molecule has 2 rings (SSSR count). The highest BCUT2D eigenvalue weighted by Gasteiger charge is 2.26. The number of para-hydroxylation sites is 1. The smallest absolute Gasteiger partial charge is 0.413 e. The zero-order valence-electron chi connectivity index (χ0n) is 16.3. The molecular weight excluding hydrogens is 348 g/mol. The Hall–Kier alpha value is -2.57. The zero-order chi connectivity index (χ0) is 19.8. The Balaban J connectivity index is 2.02. The molecule has 1 aliphatic rings. The molecule has 0 bridgehead atoms. The van der Waals surface area contributed by atoms with Crippen LogP contribution in [0.4, 0.5) is 10.5 Å². The van der Waals surface area contributed by atoms with Crippen LogP contribution in [-0.2, 0) is 14.3 Å². The third-order valence-corrected chi connectivity index (χ3v) is 4.94. The quantitative estimate of drug-likeness (QED) is 0.713. The lowest BCUT2D eigenvalue weighted by Crippen LogP contribution is -2.43. The second kappa shape index (κ2) is 9.94. The first-order valence-electron chi connectivity index (χ1n) is 9.36. The summed E-state index contributed by atoms with van der Waals surface area (Å²) in [6.45, 7) is 2.23.